The van der Waals surface area contributed by atoms with Crippen LogP contribution in [0.4, 0.5) is 0 Å². The first-order valence-electron chi connectivity index (χ1n) is 8.66. The Kier molecular flexibility index (Phi) is 7.22. The highest BCUT2D eigenvalue weighted by molar-refractivity contribution is 9.09. The molecular formula is C17H32BrN. The average molecular weight is 330 g/mol. The summed E-state index contributed by atoms with van der Waals surface area (Å²) in [6.45, 7) is 3.70. The molecule has 2 rings (SSSR count). The molecule has 2 aliphatic carbocycles. The quantitative estimate of drug-likeness (QED) is 0.591. The summed E-state index contributed by atoms with van der Waals surface area (Å²) in [5.74, 6) is 0.851. The Morgan fingerprint density at radius 2 is 1.37 bits per heavy atom. The van der Waals surface area contributed by atoms with E-state index in [-0.39, 0.29) is 0 Å². The normalized spacial score (nSPS) is 24.8. The van der Waals surface area contributed by atoms with Gasteiger partial charge in [0.25, 0.3) is 0 Å². The smallest absolute Gasteiger partial charge is 0.00983 e. The molecular weight excluding hydrogens is 298 g/mol. The number of rotatable bonds is 6. The molecule has 19 heavy (non-hydrogen) atoms. The Balaban J connectivity index is 1.97. The van der Waals surface area contributed by atoms with E-state index >= 15 is 0 Å². The van der Waals surface area contributed by atoms with Crippen molar-refractivity contribution in [3.8, 4) is 0 Å². The van der Waals surface area contributed by atoms with E-state index < -0.39 is 0 Å². The molecule has 0 aromatic heterocycles. The van der Waals surface area contributed by atoms with Crippen LogP contribution in [0.25, 0.3) is 0 Å². The molecule has 0 N–H and O–H groups in total. The van der Waals surface area contributed by atoms with E-state index in [2.05, 4.69) is 27.8 Å². The van der Waals surface area contributed by atoms with Crippen molar-refractivity contribution < 1.29 is 0 Å². The van der Waals surface area contributed by atoms with Crippen molar-refractivity contribution in [1.82, 2.24) is 4.90 Å². The number of nitrogens with zero attached hydrogens (tertiary/aromatic N) is 1. The van der Waals surface area contributed by atoms with E-state index in [9.17, 15) is 0 Å². The first-order valence-corrected chi connectivity index (χ1v) is 9.79. The molecule has 2 heteroatoms. The van der Waals surface area contributed by atoms with Crippen LogP contribution in [0.3, 0.4) is 0 Å². The fourth-order valence-corrected chi connectivity index (χ4v) is 4.67. The zero-order chi connectivity index (χ0) is 13.5. The molecule has 1 nitrogen and oxygen atoms in total. The molecule has 0 bridgehead atoms. The zero-order valence-electron chi connectivity index (χ0n) is 12.7. The topological polar surface area (TPSA) is 3.24 Å². The van der Waals surface area contributed by atoms with Crippen LogP contribution in [0, 0.1) is 5.92 Å². The summed E-state index contributed by atoms with van der Waals surface area (Å²) in [5, 5.41) is 1.18. The van der Waals surface area contributed by atoms with Crippen molar-refractivity contribution in [2.45, 2.75) is 89.6 Å². The highest BCUT2D eigenvalue weighted by Gasteiger charge is 2.29. The van der Waals surface area contributed by atoms with Crippen molar-refractivity contribution in [2.24, 2.45) is 5.92 Å². The lowest BCUT2D eigenvalue weighted by Gasteiger charge is -2.43. The number of hydrogen-bond donors (Lipinski definition) is 0. The molecule has 0 aliphatic heterocycles. The highest BCUT2D eigenvalue weighted by atomic mass is 79.9. The molecule has 0 aromatic rings. The summed E-state index contributed by atoms with van der Waals surface area (Å²) >= 11 is 3.73. The van der Waals surface area contributed by atoms with Crippen LogP contribution in [-0.4, -0.2) is 28.9 Å². The second-order valence-electron chi connectivity index (χ2n) is 6.71. The summed E-state index contributed by atoms with van der Waals surface area (Å²) < 4.78 is 0. The average Bonchev–Trinajstić information content (AvgIpc) is 2.50. The van der Waals surface area contributed by atoms with Gasteiger partial charge in [0, 0.05) is 24.0 Å². The predicted molar refractivity (Wildman–Crippen MR) is 88.0 cm³/mol. The van der Waals surface area contributed by atoms with E-state index in [0.717, 1.165) is 18.0 Å². The van der Waals surface area contributed by atoms with Crippen molar-refractivity contribution in [3.63, 3.8) is 0 Å². The Hall–Kier alpha value is 0.440. The van der Waals surface area contributed by atoms with Gasteiger partial charge in [-0.15, -0.1) is 0 Å². The van der Waals surface area contributed by atoms with Crippen molar-refractivity contribution >= 4 is 15.9 Å². The molecule has 0 amide bonds. The first-order chi connectivity index (χ1) is 9.35. The van der Waals surface area contributed by atoms with Crippen LogP contribution in [0.5, 0.6) is 0 Å². The van der Waals surface area contributed by atoms with E-state index in [4.69, 9.17) is 0 Å². The third-order valence-electron chi connectivity index (χ3n) is 5.35. The first kappa shape index (κ1) is 15.8. The second kappa shape index (κ2) is 8.67. The minimum Gasteiger partial charge on any atom is -0.297 e. The molecule has 0 saturated heterocycles. The van der Waals surface area contributed by atoms with E-state index in [1.807, 2.05) is 0 Å². The zero-order valence-corrected chi connectivity index (χ0v) is 14.3. The van der Waals surface area contributed by atoms with Crippen molar-refractivity contribution in [1.29, 1.82) is 0 Å². The molecule has 2 saturated carbocycles. The number of hydrogen-bond acceptors (Lipinski definition) is 1. The van der Waals surface area contributed by atoms with E-state index in [0.29, 0.717) is 0 Å². The van der Waals surface area contributed by atoms with E-state index in [1.54, 1.807) is 0 Å². The molecule has 1 unspecified atom stereocenters. The monoisotopic (exact) mass is 329 g/mol. The van der Waals surface area contributed by atoms with Gasteiger partial charge in [0.1, 0.15) is 0 Å². The molecule has 0 radical (unpaired) electrons. The fourth-order valence-electron chi connectivity index (χ4n) is 4.01. The number of alkyl halides is 1. The highest BCUT2D eigenvalue weighted by Crippen LogP contribution is 2.31. The van der Waals surface area contributed by atoms with Crippen LogP contribution in [0.15, 0.2) is 0 Å². The maximum Gasteiger partial charge on any atom is 0.00983 e. The van der Waals surface area contributed by atoms with Gasteiger partial charge in [0.15, 0.2) is 0 Å². The molecule has 2 fully saturated rings. The van der Waals surface area contributed by atoms with Crippen LogP contribution in [0.1, 0.15) is 77.6 Å². The lowest BCUT2D eigenvalue weighted by Crippen LogP contribution is -2.47. The molecule has 0 spiro atoms. The molecule has 112 valence electrons. The van der Waals surface area contributed by atoms with Gasteiger partial charge in [-0.05, 0) is 31.6 Å². The van der Waals surface area contributed by atoms with Gasteiger partial charge in [-0.25, -0.2) is 0 Å². The third kappa shape index (κ3) is 4.74. The third-order valence-corrected chi connectivity index (χ3v) is 6.27. The summed E-state index contributed by atoms with van der Waals surface area (Å²) in [5.41, 5.74) is 0. The van der Waals surface area contributed by atoms with Crippen LogP contribution in [0.2, 0.25) is 0 Å². The molecule has 0 aromatic carbocycles. The Bertz CT molecular complexity index is 209. The predicted octanol–water partition coefficient (Wildman–Crippen LogP) is 5.37. The maximum atomic E-state index is 3.73. The van der Waals surface area contributed by atoms with Gasteiger partial charge < -0.3 is 0 Å². The van der Waals surface area contributed by atoms with Gasteiger partial charge >= 0.3 is 0 Å². The van der Waals surface area contributed by atoms with Gasteiger partial charge in [-0.2, -0.15) is 0 Å². The fraction of sp³-hybridized carbons (Fsp3) is 1.00. The maximum absolute atomic E-state index is 3.73. The second-order valence-corrected chi connectivity index (χ2v) is 7.36. The lowest BCUT2D eigenvalue weighted by molar-refractivity contribution is 0.0668. The Morgan fingerprint density at radius 1 is 0.895 bits per heavy atom. The van der Waals surface area contributed by atoms with E-state index in [1.165, 1.54) is 82.5 Å². The minimum absolute atomic E-state index is 0.851. The van der Waals surface area contributed by atoms with Gasteiger partial charge in [-0.1, -0.05) is 67.8 Å². The Morgan fingerprint density at radius 3 is 1.74 bits per heavy atom. The SMILES string of the molecule is CCC(CBr)CN(C1CCCCC1)C1CCCCC1. The van der Waals surface area contributed by atoms with Crippen LogP contribution < -0.4 is 0 Å². The molecule has 2 aliphatic rings. The lowest BCUT2D eigenvalue weighted by atomic mass is 9.87. The van der Waals surface area contributed by atoms with Crippen LogP contribution >= 0.6 is 15.9 Å². The molecule has 1 atom stereocenters. The summed E-state index contributed by atoms with van der Waals surface area (Å²) in [6, 6.07) is 1.81. The van der Waals surface area contributed by atoms with Crippen molar-refractivity contribution in [2.75, 3.05) is 11.9 Å². The Labute approximate surface area is 128 Å². The van der Waals surface area contributed by atoms with Crippen molar-refractivity contribution in [3.05, 3.63) is 0 Å². The van der Waals surface area contributed by atoms with Crippen LogP contribution in [-0.2, 0) is 0 Å². The molecule has 0 heterocycles. The van der Waals surface area contributed by atoms with Gasteiger partial charge in [0.2, 0.25) is 0 Å². The van der Waals surface area contributed by atoms with Gasteiger partial charge in [0.05, 0.1) is 0 Å². The minimum atomic E-state index is 0.851. The number of halogens is 1. The standard InChI is InChI=1S/C17H32BrN/c1-2-15(13-18)14-19(16-9-5-3-6-10-16)17-11-7-4-8-12-17/h15-17H,2-14H2,1H3. The summed E-state index contributed by atoms with van der Waals surface area (Å²) in [6.07, 6.45) is 16.0. The van der Waals surface area contributed by atoms with Gasteiger partial charge in [-0.3, -0.25) is 4.90 Å². The largest absolute Gasteiger partial charge is 0.297 e. The summed E-state index contributed by atoms with van der Waals surface area (Å²) in [4.78, 5) is 2.95. The summed E-state index contributed by atoms with van der Waals surface area (Å²) in [7, 11) is 0.